The molecule has 23 heavy (non-hydrogen) atoms. The Morgan fingerprint density at radius 3 is 2.35 bits per heavy atom. The molecule has 3 nitrogen and oxygen atoms in total. The lowest BCUT2D eigenvalue weighted by molar-refractivity contribution is -0.274. The minimum atomic E-state index is -4.72. The zero-order valence-corrected chi connectivity index (χ0v) is 12.6. The molecule has 1 amide bonds. The Balaban J connectivity index is 2.03. The Morgan fingerprint density at radius 1 is 1.13 bits per heavy atom. The molecule has 1 unspecified atom stereocenters. The van der Waals surface area contributed by atoms with E-state index in [2.05, 4.69) is 10.1 Å². The molecule has 0 aliphatic heterocycles. The van der Waals surface area contributed by atoms with Crippen molar-refractivity contribution in [2.45, 2.75) is 26.3 Å². The van der Waals surface area contributed by atoms with Gasteiger partial charge in [-0.2, -0.15) is 0 Å². The molecule has 0 bridgehead atoms. The van der Waals surface area contributed by atoms with Gasteiger partial charge in [0, 0.05) is 5.56 Å². The molecule has 0 saturated carbocycles. The summed E-state index contributed by atoms with van der Waals surface area (Å²) in [6, 6.07) is 12.2. The van der Waals surface area contributed by atoms with E-state index in [-0.39, 0.29) is 17.7 Å². The first-order valence-electron chi connectivity index (χ1n) is 6.98. The Hall–Kier alpha value is -2.50. The van der Waals surface area contributed by atoms with Crippen molar-refractivity contribution in [3.63, 3.8) is 0 Å². The summed E-state index contributed by atoms with van der Waals surface area (Å²) in [6.45, 7) is 3.65. The van der Waals surface area contributed by atoms with Crippen LogP contribution >= 0.6 is 0 Å². The number of aryl methyl sites for hydroxylation is 1. The fourth-order valence-corrected chi connectivity index (χ4v) is 2.11. The molecule has 122 valence electrons. The zero-order chi connectivity index (χ0) is 17.0. The van der Waals surface area contributed by atoms with Gasteiger partial charge in [-0.3, -0.25) is 4.79 Å². The number of carbonyl (C=O) groups excluding carboxylic acids is 1. The molecule has 0 radical (unpaired) electrons. The van der Waals surface area contributed by atoms with E-state index in [1.165, 1.54) is 24.3 Å². The van der Waals surface area contributed by atoms with Gasteiger partial charge < -0.3 is 10.1 Å². The van der Waals surface area contributed by atoms with Crippen LogP contribution in [0.5, 0.6) is 5.75 Å². The van der Waals surface area contributed by atoms with Gasteiger partial charge in [0.25, 0.3) is 5.91 Å². The van der Waals surface area contributed by atoms with Crippen molar-refractivity contribution < 1.29 is 22.7 Å². The van der Waals surface area contributed by atoms with Crippen molar-refractivity contribution in [2.24, 2.45) is 0 Å². The maximum atomic E-state index is 12.2. The summed E-state index contributed by atoms with van der Waals surface area (Å²) in [5.74, 6) is -0.532. The standard InChI is InChI=1S/C17H16F3NO2/c1-11-4-3-5-14(10-11)16(22)21-12(2)13-6-8-15(9-7-13)23-17(18,19)20/h3-10,12H,1-2H3,(H,21,22). The highest BCUT2D eigenvalue weighted by Crippen LogP contribution is 2.24. The maximum Gasteiger partial charge on any atom is 0.573 e. The summed E-state index contributed by atoms with van der Waals surface area (Å²) in [7, 11) is 0. The Bertz CT molecular complexity index is 681. The first-order chi connectivity index (χ1) is 10.7. The average Bonchev–Trinajstić information content (AvgIpc) is 2.46. The number of halogens is 3. The second-order valence-electron chi connectivity index (χ2n) is 5.18. The molecule has 6 heteroatoms. The third-order valence-electron chi connectivity index (χ3n) is 3.24. The summed E-state index contributed by atoms with van der Waals surface area (Å²) in [5.41, 5.74) is 2.19. The van der Waals surface area contributed by atoms with Crippen molar-refractivity contribution in [1.29, 1.82) is 0 Å². The Labute approximate surface area is 132 Å². The van der Waals surface area contributed by atoms with Gasteiger partial charge >= 0.3 is 6.36 Å². The van der Waals surface area contributed by atoms with Gasteiger partial charge in [0.05, 0.1) is 6.04 Å². The highest BCUT2D eigenvalue weighted by molar-refractivity contribution is 5.94. The number of carbonyl (C=O) groups is 1. The average molecular weight is 323 g/mol. The number of nitrogens with one attached hydrogen (secondary N) is 1. The summed E-state index contributed by atoms with van der Waals surface area (Å²) < 4.78 is 40.2. The molecule has 2 rings (SSSR count). The molecule has 0 saturated heterocycles. The predicted molar refractivity (Wildman–Crippen MR) is 80.2 cm³/mol. The molecule has 0 aliphatic carbocycles. The van der Waals surface area contributed by atoms with Crippen LogP contribution < -0.4 is 10.1 Å². The van der Waals surface area contributed by atoms with Gasteiger partial charge in [-0.25, -0.2) is 0 Å². The lowest BCUT2D eigenvalue weighted by Crippen LogP contribution is -2.26. The van der Waals surface area contributed by atoms with E-state index in [0.717, 1.165) is 5.56 Å². The van der Waals surface area contributed by atoms with Crippen LogP contribution in [0, 0.1) is 6.92 Å². The SMILES string of the molecule is Cc1cccc(C(=O)NC(C)c2ccc(OC(F)(F)F)cc2)c1. The number of amides is 1. The number of benzene rings is 2. The van der Waals surface area contributed by atoms with E-state index in [9.17, 15) is 18.0 Å². The highest BCUT2D eigenvalue weighted by Gasteiger charge is 2.31. The number of alkyl halides is 3. The molecule has 2 aromatic carbocycles. The van der Waals surface area contributed by atoms with E-state index >= 15 is 0 Å². The minimum Gasteiger partial charge on any atom is -0.406 e. The van der Waals surface area contributed by atoms with E-state index in [1.807, 2.05) is 13.0 Å². The molecule has 0 aromatic heterocycles. The van der Waals surface area contributed by atoms with Crippen LogP contribution in [-0.2, 0) is 0 Å². The Kier molecular flexibility index (Phi) is 4.93. The van der Waals surface area contributed by atoms with Crippen molar-refractivity contribution in [1.82, 2.24) is 5.32 Å². The third kappa shape index (κ3) is 5.02. The van der Waals surface area contributed by atoms with Crippen LogP contribution in [0.25, 0.3) is 0 Å². The van der Waals surface area contributed by atoms with E-state index in [4.69, 9.17) is 0 Å². The van der Waals surface area contributed by atoms with Gasteiger partial charge in [-0.05, 0) is 43.7 Å². The van der Waals surface area contributed by atoms with Gasteiger partial charge in [0.15, 0.2) is 0 Å². The Morgan fingerprint density at radius 2 is 1.78 bits per heavy atom. The minimum absolute atomic E-state index is 0.239. The number of hydrogen-bond acceptors (Lipinski definition) is 2. The van der Waals surface area contributed by atoms with Gasteiger partial charge in [-0.1, -0.05) is 29.8 Å². The van der Waals surface area contributed by atoms with Crippen LogP contribution in [0.1, 0.15) is 34.5 Å². The topological polar surface area (TPSA) is 38.3 Å². The normalized spacial score (nSPS) is 12.6. The van der Waals surface area contributed by atoms with E-state index in [0.29, 0.717) is 11.1 Å². The number of ether oxygens (including phenoxy) is 1. The summed E-state index contributed by atoms with van der Waals surface area (Å²) in [6.07, 6.45) is -4.72. The van der Waals surface area contributed by atoms with E-state index in [1.54, 1.807) is 25.1 Å². The molecule has 1 N–H and O–H groups in total. The molecule has 1 atom stereocenters. The largest absolute Gasteiger partial charge is 0.573 e. The third-order valence-corrected chi connectivity index (χ3v) is 3.24. The van der Waals surface area contributed by atoms with Crippen molar-refractivity contribution in [2.75, 3.05) is 0 Å². The van der Waals surface area contributed by atoms with Crippen LogP contribution in [-0.4, -0.2) is 12.3 Å². The number of rotatable bonds is 4. The maximum absolute atomic E-state index is 12.2. The lowest BCUT2D eigenvalue weighted by Gasteiger charge is -2.15. The van der Waals surface area contributed by atoms with Crippen molar-refractivity contribution in [3.05, 3.63) is 65.2 Å². The van der Waals surface area contributed by atoms with Crippen LogP contribution in [0.2, 0.25) is 0 Å². The summed E-state index contributed by atoms with van der Waals surface area (Å²) in [5, 5.41) is 2.81. The second kappa shape index (κ2) is 6.73. The summed E-state index contributed by atoms with van der Waals surface area (Å²) in [4.78, 5) is 12.2. The van der Waals surface area contributed by atoms with E-state index < -0.39 is 6.36 Å². The quantitative estimate of drug-likeness (QED) is 0.906. The zero-order valence-electron chi connectivity index (χ0n) is 12.6. The lowest BCUT2D eigenvalue weighted by atomic mass is 10.1. The van der Waals surface area contributed by atoms with Gasteiger partial charge in [-0.15, -0.1) is 13.2 Å². The van der Waals surface area contributed by atoms with Gasteiger partial charge in [0.2, 0.25) is 0 Å². The number of hydrogen-bond donors (Lipinski definition) is 1. The molecular weight excluding hydrogens is 307 g/mol. The molecular formula is C17H16F3NO2. The molecule has 0 aliphatic rings. The highest BCUT2D eigenvalue weighted by atomic mass is 19.4. The molecule has 0 spiro atoms. The molecule has 0 fully saturated rings. The predicted octanol–water partition coefficient (Wildman–Crippen LogP) is 4.38. The fourth-order valence-electron chi connectivity index (χ4n) is 2.11. The second-order valence-corrected chi connectivity index (χ2v) is 5.18. The van der Waals surface area contributed by atoms with Gasteiger partial charge in [0.1, 0.15) is 5.75 Å². The summed E-state index contributed by atoms with van der Waals surface area (Å²) >= 11 is 0. The van der Waals surface area contributed by atoms with Crippen molar-refractivity contribution >= 4 is 5.91 Å². The molecule has 2 aromatic rings. The van der Waals surface area contributed by atoms with Crippen LogP contribution in [0.15, 0.2) is 48.5 Å². The first kappa shape index (κ1) is 16.9. The first-order valence-corrected chi connectivity index (χ1v) is 6.98. The van der Waals surface area contributed by atoms with Crippen molar-refractivity contribution in [3.8, 4) is 5.75 Å². The van der Waals surface area contributed by atoms with Crippen LogP contribution in [0.4, 0.5) is 13.2 Å². The van der Waals surface area contributed by atoms with Crippen LogP contribution in [0.3, 0.4) is 0 Å². The molecule has 0 heterocycles. The smallest absolute Gasteiger partial charge is 0.406 e. The monoisotopic (exact) mass is 323 g/mol. The fraction of sp³-hybridized carbons (Fsp3) is 0.235.